The minimum atomic E-state index is -4.16. The molecule has 0 saturated heterocycles. The maximum atomic E-state index is 13.2. The van der Waals surface area contributed by atoms with Crippen molar-refractivity contribution in [1.82, 2.24) is 0 Å². The number of hydrogen-bond donors (Lipinski definition) is 0. The van der Waals surface area contributed by atoms with Crippen molar-refractivity contribution in [3.8, 4) is 5.75 Å². The molecule has 0 N–H and O–H groups in total. The molecule has 0 bridgehead atoms. The zero-order chi connectivity index (χ0) is 19.5. The molecule has 6 nitrogen and oxygen atoms in total. The molecule has 0 aliphatic carbocycles. The lowest BCUT2D eigenvalue weighted by Gasteiger charge is -2.27. The maximum Gasteiger partial charge on any atom is 0.429 e. The fourth-order valence-electron chi connectivity index (χ4n) is 2.25. The van der Waals surface area contributed by atoms with Crippen LogP contribution in [0.1, 0.15) is 26.3 Å². The van der Waals surface area contributed by atoms with Crippen LogP contribution >= 0.6 is 0 Å². The van der Waals surface area contributed by atoms with Gasteiger partial charge in [0.2, 0.25) is 0 Å². The summed E-state index contributed by atoms with van der Waals surface area (Å²) in [6, 6.07) is 12.5. The summed E-state index contributed by atoms with van der Waals surface area (Å²) in [6.07, 6.45) is -0.959. The first-order valence-corrected chi connectivity index (χ1v) is 9.47. The number of benzene rings is 2. The van der Waals surface area contributed by atoms with E-state index in [0.29, 0.717) is 10.1 Å². The number of ether oxygens (including phenoxy) is 2. The fraction of sp³-hybridized carbons (Fsp3) is 0.316. The second kappa shape index (κ2) is 7.37. The molecule has 2 aromatic carbocycles. The molecule has 140 valence electrons. The largest absolute Gasteiger partial charge is 0.497 e. The first kappa shape index (κ1) is 19.8. The molecule has 0 atom stereocenters. The Morgan fingerprint density at radius 2 is 1.65 bits per heavy atom. The van der Waals surface area contributed by atoms with Gasteiger partial charge in [0.05, 0.1) is 17.7 Å². The van der Waals surface area contributed by atoms with Gasteiger partial charge in [0.15, 0.2) is 0 Å². The lowest BCUT2D eigenvalue weighted by Crippen LogP contribution is -2.41. The summed E-state index contributed by atoms with van der Waals surface area (Å²) in [5.74, 6) is 0.517. The smallest absolute Gasteiger partial charge is 0.429 e. The van der Waals surface area contributed by atoms with E-state index in [0.717, 1.165) is 5.56 Å². The van der Waals surface area contributed by atoms with E-state index in [1.54, 1.807) is 39.0 Å². The van der Waals surface area contributed by atoms with Gasteiger partial charge in [0, 0.05) is 0 Å². The highest BCUT2D eigenvalue weighted by molar-refractivity contribution is 7.93. The molecule has 7 heteroatoms. The van der Waals surface area contributed by atoms with Gasteiger partial charge in [0.25, 0.3) is 10.0 Å². The molecule has 26 heavy (non-hydrogen) atoms. The number of carbonyl (C=O) groups is 1. The number of amides is 1. The van der Waals surface area contributed by atoms with E-state index in [9.17, 15) is 13.2 Å². The molecule has 2 aromatic rings. The van der Waals surface area contributed by atoms with Crippen molar-refractivity contribution in [1.29, 1.82) is 0 Å². The molecule has 0 saturated carbocycles. The van der Waals surface area contributed by atoms with Crippen molar-refractivity contribution >= 4 is 21.8 Å². The minimum absolute atomic E-state index is 0.0364. The summed E-state index contributed by atoms with van der Waals surface area (Å²) < 4.78 is 37.4. The lowest BCUT2D eigenvalue weighted by atomic mass is 10.2. The van der Waals surface area contributed by atoms with Crippen LogP contribution in [0.15, 0.2) is 53.4 Å². The van der Waals surface area contributed by atoms with Crippen LogP contribution in [0.5, 0.6) is 5.75 Å². The Balaban J connectivity index is 2.56. The Bertz CT molecular complexity index is 883. The van der Waals surface area contributed by atoms with Crippen molar-refractivity contribution < 1.29 is 22.7 Å². The Morgan fingerprint density at radius 3 is 2.15 bits per heavy atom. The first-order chi connectivity index (χ1) is 12.0. The number of aryl methyl sites for hydroxylation is 1. The molecule has 2 rings (SSSR count). The zero-order valence-corrected chi connectivity index (χ0v) is 16.3. The number of nitrogens with zero attached hydrogens (tertiary/aromatic N) is 1. The Kier molecular flexibility index (Phi) is 5.61. The zero-order valence-electron chi connectivity index (χ0n) is 15.5. The van der Waals surface area contributed by atoms with E-state index in [4.69, 9.17) is 9.47 Å². The summed E-state index contributed by atoms with van der Waals surface area (Å²) in [6.45, 7) is 6.86. The van der Waals surface area contributed by atoms with E-state index >= 15 is 0 Å². The van der Waals surface area contributed by atoms with Crippen molar-refractivity contribution in [3.63, 3.8) is 0 Å². The molecule has 0 spiro atoms. The molecule has 0 radical (unpaired) electrons. The third kappa shape index (κ3) is 4.54. The number of hydrogen-bond acceptors (Lipinski definition) is 5. The molecule has 0 fully saturated rings. The van der Waals surface area contributed by atoms with Gasteiger partial charge in [-0.2, -0.15) is 4.31 Å². The second-order valence-corrected chi connectivity index (χ2v) is 8.55. The number of carbonyl (C=O) groups excluding carboxylic acids is 1. The topological polar surface area (TPSA) is 72.9 Å². The molecular formula is C19H23NO5S. The van der Waals surface area contributed by atoms with E-state index in [2.05, 4.69) is 0 Å². The lowest BCUT2D eigenvalue weighted by molar-refractivity contribution is 0.0609. The SMILES string of the molecule is COc1ccc(S(=O)(=O)N(C(=O)OC(C)(C)C)c2cccc(C)c2)cc1. The predicted octanol–water partition coefficient (Wildman–Crippen LogP) is 4.13. The number of sulfonamides is 1. The quantitative estimate of drug-likeness (QED) is 0.801. The van der Waals surface area contributed by atoms with E-state index in [1.165, 1.54) is 31.4 Å². The van der Waals surface area contributed by atoms with Crippen LogP contribution in [0.3, 0.4) is 0 Å². The summed E-state index contributed by atoms with van der Waals surface area (Å²) >= 11 is 0. The standard InChI is InChI=1S/C19H23NO5S/c1-14-7-6-8-15(13-14)20(18(21)25-19(2,3)4)26(22,23)17-11-9-16(24-5)10-12-17/h6-13H,1-5H3. The Hall–Kier alpha value is -2.54. The summed E-state index contributed by atoms with van der Waals surface area (Å²) in [7, 11) is -2.67. The van der Waals surface area contributed by atoms with Crippen LogP contribution < -0.4 is 9.04 Å². The number of rotatable bonds is 4. The number of methoxy groups -OCH3 is 1. The molecule has 0 heterocycles. The van der Waals surface area contributed by atoms with E-state index in [1.807, 2.05) is 13.0 Å². The van der Waals surface area contributed by atoms with Gasteiger partial charge in [0.1, 0.15) is 11.4 Å². The molecule has 0 aromatic heterocycles. The van der Waals surface area contributed by atoms with Crippen LogP contribution in [0.4, 0.5) is 10.5 Å². The Morgan fingerprint density at radius 1 is 1.04 bits per heavy atom. The van der Waals surface area contributed by atoms with Crippen LogP contribution in [-0.2, 0) is 14.8 Å². The second-order valence-electron chi connectivity index (χ2n) is 6.76. The van der Waals surface area contributed by atoms with Gasteiger partial charge < -0.3 is 9.47 Å². The van der Waals surface area contributed by atoms with Crippen molar-refractivity contribution in [2.75, 3.05) is 11.4 Å². The summed E-state index contributed by atoms with van der Waals surface area (Å²) in [5.41, 5.74) is 0.199. The van der Waals surface area contributed by atoms with Gasteiger partial charge in [-0.25, -0.2) is 13.2 Å². The third-order valence-corrected chi connectivity index (χ3v) is 5.10. The Labute approximate surface area is 154 Å². The average molecular weight is 377 g/mol. The molecule has 0 aliphatic heterocycles. The molecule has 0 aliphatic rings. The van der Waals surface area contributed by atoms with E-state index in [-0.39, 0.29) is 10.6 Å². The van der Waals surface area contributed by atoms with Gasteiger partial charge in [-0.1, -0.05) is 12.1 Å². The highest BCUT2D eigenvalue weighted by Crippen LogP contribution is 2.28. The fourth-order valence-corrected chi connectivity index (χ4v) is 3.57. The van der Waals surface area contributed by atoms with Crippen LogP contribution in [0.2, 0.25) is 0 Å². The molecule has 0 unspecified atom stereocenters. The predicted molar refractivity (Wildman–Crippen MR) is 100 cm³/mol. The summed E-state index contributed by atoms with van der Waals surface area (Å²) in [5, 5.41) is 0. The van der Waals surface area contributed by atoms with Gasteiger partial charge in [-0.05, 0) is 69.7 Å². The van der Waals surface area contributed by atoms with Crippen molar-refractivity contribution in [2.24, 2.45) is 0 Å². The normalized spacial score (nSPS) is 11.7. The third-order valence-electron chi connectivity index (χ3n) is 3.39. The highest BCUT2D eigenvalue weighted by Gasteiger charge is 2.34. The summed E-state index contributed by atoms with van der Waals surface area (Å²) in [4.78, 5) is 12.7. The van der Waals surface area contributed by atoms with E-state index < -0.39 is 21.7 Å². The molecule has 1 amide bonds. The average Bonchev–Trinajstić information content (AvgIpc) is 2.53. The monoisotopic (exact) mass is 377 g/mol. The van der Waals surface area contributed by atoms with Gasteiger partial charge in [-0.3, -0.25) is 0 Å². The van der Waals surface area contributed by atoms with Crippen LogP contribution in [0, 0.1) is 6.92 Å². The van der Waals surface area contributed by atoms with Crippen LogP contribution in [-0.4, -0.2) is 27.2 Å². The minimum Gasteiger partial charge on any atom is -0.497 e. The van der Waals surface area contributed by atoms with Crippen molar-refractivity contribution in [3.05, 3.63) is 54.1 Å². The van der Waals surface area contributed by atoms with Gasteiger partial charge in [-0.15, -0.1) is 0 Å². The molecular weight excluding hydrogens is 354 g/mol. The van der Waals surface area contributed by atoms with Crippen LogP contribution in [0.25, 0.3) is 0 Å². The number of anilines is 1. The highest BCUT2D eigenvalue weighted by atomic mass is 32.2. The van der Waals surface area contributed by atoms with Gasteiger partial charge >= 0.3 is 6.09 Å². The maximum absolute atomic E-state index is 13.2. The van der Waals surface area contributed by atoms with Crippen molar-refractivity contribution in [2.45, 2.75) is 38.2 Å². The first-order valence-electron chi connectivity index (χ1n) is 8.03.